The highest BCUT2D eigenvalue weighted by Gasteiger charge is 2.20. The van der Waals surface area contributed by atoms with E-state index in [-0.39, 0.29) is 24.8 Å². The van der Waals surface area contributed by atoms with Gasteiger partial charge in [-0.2, -0.15) is 0 Å². The summed E-state index contributed by atoms with van der Waals surface area (Å²) >= 11 is 0. The molecule has 2 rings (SSSR count). The van der Waals surface area contributed by atoms with Crippen molar-refractivity contribution in [2.24, 2.45) is 11.5 Å². The molecule has 10 nitrogen and oxygen atoms in total. The zero-order valence-corrected chi connectivity index (χ0v) is 14.2. The number of phenolic OH excluding ortho intramolecular Hbond substituents is 1. The number of carboxylic acid groups (broad SMARTS) is 3. The molecule has 1 heterocycles. The van der Waals surface area contributed by atoms with E-state index in [1.807, 2.05) is 0 Å². The Morgan fingerprint density at radius 1 is 1.15 bits per heavy atom. The largest absolute Gasteiger partial charge is 0.508 e. The van der Waals surface area contributed by atoms with Crippen molar-refractivity contribution >= 4 is 17.9 Å². The molecule has 0 aromatic heterocycles. The molecule has 26 heavy (non-hydrogen) atoms. The van der Waals surface area contributed by atoms with E-state index in [9.17, 15) is 14.4 Å². The van der Waals surface area contributed by atoms with E-state index < -0.39 is 23.9 Å². The molecule has 0 amide bonds. The maximum Gasteiger partial charge on any atom is 0.320 e. The van der Waals surface area contributed by atoms with Crippen molar-refractivity contribution in [3.63, 3.8) is 0 Å². The van der Waals surface area contributed by atoms with Gasteiger partial charge in [0.2, 0.25) is 0 Å². The number of aliphatic carboxylic acids is 3. The molecule has 0 saturated carbocycles. The van der Waals surface area contributed by atoms with Crippen LogP contribution in [0, 0.1) is 0 Å². The Kier molecular flexibility index (Phi) is 11.3. The standard InChI is InChI=1S/C9H11NO3.C5H9NO2.C2H5NO2/c10-8(9(12)13)5-6-1-3-7(11)4-2-6;7-5(8)4-2-1-3-6-4;3-1-2(4)5/h1-4,8,11H,5,10H2,(H,12,13);4,6H,1-3H2,(H,7,8);1,3H2,(H,4,5)/t8-;4-;/m00./s1. The van der Waals surface area contributed by atoms with Gasteiger partial charge in [-0.15, -0.1) is 0 Å². The molecule has 1 aromatic rings. The third-order valence-corrected chi connectivity index (χ3v) is 3.24. The number of hydrogen-bond acceptors (Lipinski definition) is 7. The van der Waals surface area contributed by atoms with Crippen molar-refractivity contribution in [2.45, 2.75) is 31.3 Å². The molecule has 0 radical (unpaired) electrons. The molecule has 1 aromatic carbocycles. The predicted octanol–water partition coefficient (Wildman–Crippen LogP) is -0.801. The third-order valence-electron chi connectivity index (χ3n) is 3.24. The van der Waals surface area contributed by atoms with Crippen LogP contribution in [0.5, 0.6) is 5.75 Å². The highest BCUT2D eigenvalue weighted by molar-refractivity contribution is 5.74. The minimum Gasteiger partial charge on any atom is -0.508 e. The Morgan fingerprint density at radius 2 is 1.69 bits per heavy atom. The van der Waals surface area contributed by atoms with Gasteiger partial charge >= 0.3 is 17.9 Å². The van der Waals surface area contributed by atoms with Crippen molar-refractivity contribution in [1.29, 1.82) is 0 Å². The predicted molar refractivity (Wildman–Crippen MR) is 92.8 cm³/mol. The first kappa shape index (κ1) is 23.3. The summed E-state index contributed by atoms with van der Waals surface area (Å²) in [6.45, 7) is 0.580. The van der Waals surface area contributed by atoms with Gasteiger partial charge in [0.25, 0.3) is 0 Å². The van der Waals surface area contributed by atoms with Crippen LogP contribution >= 0.6 is 0 Å². The second-order valence-electron chi connectivity index (χ2n) is 5.40. The maximum atomic E-state index is 10.4. The topological polar surface area (TPSA) is 196 Å². The fourth-order valence-electron chi connectivity index (χ4n) is 1.87. The molecule has 146 valence electrons. The van der Waals surface area contributed by atoms with Crippen molar-refractivity contribution in [2.75, 3.05) is 13.1 Å². The molecule has 0 unspecified atom stereocenters. The summed E-state index contributed by atoms with van der Waals surface area (Å²) in [6, 6.07) is 5.16. The maximum absolute atomic E-state index is 10.4. The molecule has 9 N–H and O–H groups in total. The Balaban J connectivity index is 0.000000409. The van der Waals surface area contributed by atoms with E-state index in [0.29, 0.717) is 0 Å². The molecule has 10 heteroatoms. The second-order valence-corrected chi connectivity index (χ2v) is 5.40. The molecule has 1 fully saturated rings. The molecular weight excluding hydrogens is 346 g/mol. The van der Waals surface area contributed by atoms with Crippen LogP contribution in [-0.2, 0) is 20.8 Å². The summed E-state index contributed by atoms with van der Waals surface area (Å²) in [4.78, 5) is 29.8. The van der Waals surface area contributed by atoms with Gasteiger partial charge in [0.05, 0.1) is 6.54 Å². The quantitative estimate of drug-likeness (QED) is 0.344. The van der Waals surface area contributed by atoms with E-state index in [1.54, 1.807) is 12.1 Å². The van der Waals surface area contributed by atoms with Crippen molar-refractivity contribution < 1.29 is 34.8 Å². The lowest BCUT2D eigenvalue weighted by molar-refractivity contribution is -0.139. The zero-order valence-electron chi connectivity index (χ0n) is 14.2. The summed E-state index contributed by atoms with van der Waals surface area (Å²) < 4.78 is 0. The normalized spacial score (nSPS) is 16.3. The van der Waals surface area contributed by atoms with Gasteiger partial charge in [-0.25, -0.2) is 0 Å². The first-order valence-corrected chi connectivity index (χ1v) is 7.81. The number of nitrogens with one attached hydrogen (secondary N) is 1. The molecular formula is C16H25N3O7. The third kappa shape index (κ3) is 11.0. The van der Waals surface area contributed by atoms with Crippen molar-refractivity contribution in [1.82, 2.24) is 5.32 Å². The van der Waals surface area contributed by atoms with Gasteiger partial charge in [-0.3, -0.25) is 14.4 Å². The number of carboxylic acids is 3. The summed E-state index contributed by atoms with van der Waals surface area (Å²) in [5, 5.41) is 36.3. The van der Waals surface area contributed by atoms with Crippen LogP contribution in [0.3, 0.4) is 0 Å². The molecule has 1 aliphatic rings. The van der Waals surface area contributed by atoms with Gasteiger partial charge in [0, 0.05) is 0 Å². The van der Waals surface area contributed by atoms with Crippen LogP contribution in [0.1, 0.15) is 18.4 Å². The molecule has 1 aliphatic heterocycles. The Bertz CT molecular complexity index is 572. The summed E-state index contributed by atoms with van der Waals surface area (Å²) in [7, 11) is 0. The molecule has 0 spiro atoms. The lowest BCUT2D eigenvalue weighted by Crippen LogP contribution is -2.32. The zero-order chi connectivity index (χ0) is 20.1. The SMILES string of the molecule is NCC(=O)O.N[C@@H](Cc1ccc(O)cc1)C(=O)O.O=C(O)[C@@H]1CCCN1. The number of hydrogen-bond donors (Lipinski definition) is 7. The van der Waals surface area contributed by atoms with Crippen LogP contribution in [-0.4, -0.2) is 63.5 Å². The van der Waals surface area contributed by atoms with Gasteiger partial charge in [0.15, 0.2) is 0 Å². The van der Waals surface area contributed by atoms with E-state index in [0.717, 1.165) is 24.9 Å². The fourth-order valence-corrected chi connectivity index (χ4v) is 1.87. The minimum absolute atomic E-state index is 0.160. The van der Waals surface area contributed by atoms with Crippen LogP contribution in [0.15, 0.2) is 24.3 Å². The molecule has 0 bridgehead atoms. The lowest BCUT2D eigenvalue weighted by Gasteiger charge is -2.05. The van der Waals surface area contributed by atoms with E-state index in [1.165, 1.54) is 12.1 Å². The molecule has 1 saturated heterocycles. The minimum atomic E-state index is -1.02. The Morgan fingerprint density at radius 3 is 2.00 bits per heavy atom. The smallest absolute Gasteiger partial charge is 0.320 e. The highest BCUT2D eigenvalue weighted by Crippen LogP contribution is 2.10. The summed E-state index contributed by atoms with van der Waals surface area (Å²) in [5.41, 5.74) is 10.7. The van der Waals surface area contributed by atoms with Crippen LogP contribution in [0.4, 0.5) is 0 Å². The number of carbonyl (C=O) groups is 3. The van der Waals surface area contributed by atoms with E-state index in [2.05, 4.69) is 11.1 Å². The Hall–Kier alpha value is -2.69. The van der Waals surface area contributed by atoms with Crippen LogP contribution in [0.25, 0.3) is 0 Å². The average molecular weight is 371 g/mol. The second kappa shape index (κ2) is 12.6. The number of nitrogens with two attached hydrogens (primary N) is 2. The molecule has 2 atom stereocenters. The summed E-state index contributed by atoms with van der Waals surface area (Å²) in [6.07, 6.45) is 2.06. The van der Waals surface area contributed by atoms with Gasteiger partial charge in [0.1, 0.15) is 17.8 Å². The van der Waals surface area contributed by atoms with E-state index in [4.69, 9.17) is 26.2 Å². The lowest BCUT2D eigenvalue weighted by atomic mass is 10.1. The van der Waals surface area contributed by atoms with Gasteiger partial charge < -0.3 is 37.2 Å². The Labute approximate surface area is 150 Å². The number of benzene rings is 1. The number of phenols is 1. The van der Waals surface area contributed by atoms with Gasteiger partial charge in [-0.05, 0) is 43.5 Å². The van der Waals surface area contributed by atoms with Gasteiger partial charge in [-0.1, -0.05) is 12.1 Å². The fraction of sp³-hybridized carbons (Fsp3) is 0.438. The summed E-state index contributed by atoms with van der Waals surface area (Å²) in [5.74, 6) is -2.55. The first-order chi connectivity index (χ1) is 12.2. The van der Waals surface area contributed by atoms with Crippen molar-refractivity contribution in [3.05, 3.63) is 29.8 Å². The molecule has 0 aliphatic carbocycles. The number of rotatable bonds is 5. The average Bonchev–Trinajstić information content (AvgIpc) is 3.13. The van der Waals surface area contributed by atoms with Crippen LogP contribution in [0.2, 0.25) is 0 Å². The van der Waals surface area contributed by atoms with E-state index >= 15 is 0 Å². The van der Waals surface area contributed by atoms with Crippen LogP contribution < -0.4 is 16.8 Å². The van der Waals surface area contributed by atoms with Crippen molar-refractivity contribution in [3.8, 4) is 5.75 Å². The highest BCUT2D eigenvalue weighted by atomic mass is 16.4. The first-order valence-electron chi connectivity index (χ1n) is 7.81. The number of aromatic hydroxyl groups is 1. The monoisotopic (exact) mass is 371 g/mol.